The van der Waals surface area contributed by atoms with Crippen LogP contribution in [0.1, 0.15) is 21.3 Å². The third-order valence-corrected chi connectivity index (χ3v) is 1.81. The van der Waals surface area contributed by atoms with Crippen LogP contribution >= 0.6 is 0 Å². The van der Waals surface area contributed by atoms with Crippen LogP contribution in [-0.4, -0.2) is 44.3 Å². The van der Waals surface area contributed by atoms with Crippen molar-refractivity contribution in [2.24, 2.45) is 5.18 Å². The van der Waals surface area contributed by atoms with Gasteiger partial charge >= 0.3 is 37.7 Å². The average Bonchev–Trinajstić information content (AvgIpc) is 2.14. The Labute approximate surface area is 112 Å². The molecule has 0 radical (unpaired) electrons. The number of rotatable bonds is 5. The summed E-state index contributed by atoms with van der Waals surface area (Å²) in [5.41, 5.74) is 1.34. The summed E-state index contributed by atoms with van der Waals surface area (Å²) in [7, 11) is 0. The van der Waals surface area contributed by atoms with E-state index in [0.29, 0.717) is 6.54 Å². The van der Waals surface area contributed by atoms with Gasteiger partial charge in [0, 0.05) is 0 Å². The van der Waals surface area contributed by atoms with Crippen LogP contribution in [0.25, 0.3) is 0 Å². The van der Waals surface area contributed by atoms with Gasteiger partial charge in [0.1, 0.15) is 0 Å². The Morgan fingerprint density at radius 3 is 2.46 bits per heavy atom. The molecule has 0 aliphatic heterocycles. The molecule has 1 rings (SSSR count). The van der Waals surface area contributed by atoms with Gasteiger partial charge in [-0.25, -0.2) is 0 Å². The first-order chi connectivity index (χ1) is 5.93. The molecule has 0 unspecified atom stereocenters. The predicted molar refractivity (Wildman–Crippen MR) is 58.0 cm³/mol. The summed E-state index contributed by atoms with van der Waals surface area (Å²) in [5, 5.41) is 2.82. The molecule has 0 aliphatic rings. The first-order valence-corrected chi connectivity index (χ1v) is 4.26. The molecule has 1 aromatic rings. The summed E-state index contributed by atoms with van der Waals surface area (Å²) >= 11 is 0. The number of benzene rings is 1. The van der Waals surface area contributed by atoms with E-state index in [9.17, 15) is 4.91 Å². The fourth-order valence-electron chi connectivity index (χ4n) is 1.15. The van der Waals surface area contributed by atoms with Crippen molar-refractivity contribution in [1.82, 2.24) is 0 Å². The van der Waals surface area contributed by atoms with Gasteiger partial charge in [0.15, 0.2) is 0 Å². The van der Waals surface area contributed by atoms with E-state index in [-0.39, 0.29) is 40.6 Å². The number of hydrogen-bond donors (Lipinski definition) is 0. The van der Waals surface area contributed by atoms with E-state index in [2.05, 4.69) is 17.3 Å². The van der Waals surface area contributed by atoms with Crippen molar-refractivity contribution in [1.29, 1.82) is 0 Å². The molecule has 3 heteroatoms. The molecule has 2 nitrogen and oxygen atoms in total. The molecule has 0 atom stereocenters. The SMILES string of the molecule is O=NCCCCc1ccccc1.[Ca+2].[H-].[H-]. The zero-order chi connectivity index (χ0) is 8.65. The molecular weight excluding hydrogens is 190 g/mol. The molecule has 0 N–H and O–H groups in total. The van der Waals surface area contributed by atoms with Crippen molar-refractivity contribution in [2.75, 3.05) is 6.54 Å². The van der Waals surface area contributed by atoms with E-state index in [1.807, 2.05) is 18.2 Å². The maximum absolute atomic E-state index is 9.77. The largest absolute Gasteiger partial charge is 2.00 e. The zero-order valence-corrected chi connectivity index (χ0v) is 9.99. The predicted octanol–water partition coefficient (Wildman–Crippen LogP) is 2.62. The minimum Gasteiger partial charge on any atom is -1.00 e. The van der Waals surface area contributed by atoms with Gasteiger partial charge in [-0.1, -0.05) is 35.5 Å². The summed E-state index contributed by atoms with van der Waals surface area (Å²) in [4.78, 5) is 9.77. The number of nitrogens with zero attached hydrogens (tertiary/aromatic N) is 1. The van der Waals surface area contributed by atoms with Crippen molar-refractivity contribution >= 4 is 37.7 Å². The van der Waals surface area contributed by atoms with Gasteiger partial charge in [-0.2, -0.15) is 4.91 Å². The number of unbranched alkanes of at least 4 members (excludes halogenated alkanes) is 1. The molecule has 0 amide bonds. The molecule has 13 heavy (non-hydrogen) atoms. The molecule has 0 bridgehead atoms. The smallest absolute Gasteiger partial charge is 1.00 e. The van der Waals surface area contributed by atoms with Crippen LogP contribution in [-0.2, 0) is 6.42 Å². The van der Waals surface area contributed by atoms with E-state index in [0.717, 1.165) is 19.3 Å². The average molecular weight is 205 g/mol. The van der Waals surface area contributed by atoms with Gasteiger partial charge in [-0.15, -0.1) is 0 Å². The van der Waals surface area contributed by atoms with Crippen LogP contribution in [0.3, 0.4) is 0 Å². The minimum atomic E-state index is 0. The van der Waals surface area contributed by atoms with Gasteiger partial charge in [-0.05, 0) is 24.8 Å². The monoisotopic (exact) mass is 205 g/mol. The topological polar surface area (TPSA) is 29.4 Å². The van der Waals surface area contributed by atoms with Crippen molar-refractivity contribution < 1.29 is 2.85 Å². The van der Waals surface area contributed by atoms with Crippen molar-refractivity contribution in [3.63, 3.8) is 0 Å². The number of hydrogen-bond acceptors (Lipinski definition) is 2. The first kappa shape index (κ1) is 13.1. The molecule has 0 heterocycles. The molecule has 1 aromatic carbocycles. The Bertz CT molecular complexity index is 234. The Morgan fingerprint density at radius 1 is 1.15 bits per heavy atom. The zero-order valence-electron chi connectivity index (χ0n) is 9.78. The second kappa shape index (κ2) is 8.67. The van der Waals surface area contributed by atoms with Gasteiger partial charge in [0.25, 0.3) is 0 Å². The quantitative estimate of drug-likeness (QED) is 0.413. The van der Waals surface area contributed by atoms with Crippen LogP contribution in [0.4, 0.5) is 0 Å². The van der Waals surface area contributed by atoms with E-state index >= 15 is 0 Å². The maximum Gasteiger partial charge on any atom is 2.00 e. The number of nitroso groups, excluding NO2 is 1. The van der Waals surface area contributed by atoms with Crippen LogP contribution in [0.2, 0.25) is 0 Å². The van der Waals surface area contributed by atoms with E-state index < -0.39 is 0 Å². The van der Waals surface area contributed by atoms with Crippen LogP contribution in [0.15, 0.2) is 35.5 Å². The first-order valence-electron chi connectivity index (χ1n) is 4.26. The summed E-state index contributed by atoms with van der Waals surface area (Å²) in [6.07, 6.45) is 3.00. The second-order valence-corrected chi connectivity index (χ2v) is 2.80. The fraction of sp³-hybridized carbons (Fsp3) is 0.400. The van der Waals surface area contributed by atoms with Gasteiger partial charge in [-0.3, -0.25) is 0 Å². The molecule has 68 valence electrons. The summed E-state index contributed by atoms with van der Waals surface area (Å²) in [6.45, 7) is 0.451. The summed E-state index contributed by atoms with van der Waals surface area (Å²) in [6, 6.07) is 10.3. The Kier molecular flexibility index (Phi) is 8.72. The van der Waals surface area contributed by atoms with Crippen molar-refractivity contribution in [3.8, 4) is 0 Å². The van der Waals surface area contributed by atoms with Gasteiger partial charge in [0.2, 0.25) is 0 Å². The molecule has 0 spiro atoms. The Morgan fingerprint density at radius 2 is 1.85 bits per heavy atom. The summed E-state index contributed by atoms with van der Waals surface area (Å²) < 4.78 is 0. The number of aryl methyl sites for hydroxylation is 1. The Balaban J connectivity index is -0.000000480. The molecular formula is C10H15CaNO. The fourth-order valence-corrected chi connectivity index (χ4v) is 1.15. The molecule has 0 aromatic heterocycles. The van der Waals surface area contributed by atoms with E-state index in [4.69, 9.17) is 0 Å². The van der Waals surface area contributed by atoms with Crippen LogP contribution in [0, 0.1) is 4.91 Å². The standard InChI is InChI=1S/C10H13NO.Ca.2H/c12-11-9-5-4-8-10-6-2-1-3-7-10;;;/h1-3,6-7H,4-5,8-9H2;;;/q;+2;2*-1. The third-order valence-electron chi connectivity index (χ3n) is 1.81. The van der Waals surface area contributed by atoms with Crippen molar-refractivity contribution in [2.45, 2.75) is 19.3 Å². The van der Waals surface area contributed by atoms with Crippen molar-refractivity contribution in [3.05, 3.63) is 40.8 Å². The summed E-state index contributed by atoms with van der Waals surface area (Å²) in [5.74, 6) is 0. The molecule has 0 saturated carbocycles. The van der Waals surface area contributed by atoms with Gasteiger partial charge < -0.3 is 2.85 Å². The van der Waals surface area contributed by atoms with E-state index in [1.165, 1.54) is 5.56 Å². The minimum absolute atomic E-state index is 0. The van der Waals surface area contributed by atoms with Gasteiger partial charge in [0.05, 0.1) is 6.54 Å². The third kappa shape index (κ3) is 6.19. The normalized spacial score (nSPS) is 8.92. The molecule has 0 fully saturated rings. The van der Waals surface area contributed by atoms with Crippen LogP contribution in [0.5, 0.6) is 0 Å². The van der Waals surface area contributed by atoms with Crippen LogP contribution < -0.4 is 0 Å². The van der Waals surface area contributed by atoms with E-state index in [1.54, 1.807) is 0 Å². The maximum atomic E-state index is 9.77. The molecule has 0 aliphatic carbocycles. The second-order valence-electron chi connectivity index (χ2n) is 2.80. The Hall–Kier alpha value is 0.0797. The molecule has 0 saturated heterocycles.